The third-order valence-corrected chi connectivity index (χ3v) is 6.02. The van der Waals surface area contributed by atoms with Crippen LogP contribution in [0.4, 0.5) is 4.39 Å². The number of nitrogens with one attached hydrogen (secondary N) is 2. The molecule has 1 saturated carbocycles. The minimum atomic E-state index is -0.299. The van der Waals surface area contributed by atoms with Crippen LogP contribution in [0, 0.1) is 11.7 Å². The number of carbonyl (C=O) groups excluding carboxylic acids is 1. The maximum absolute atomic E-state index is 14.4. The number of carbonyl (C=O) groups is 1. The Kier molecular flexibility index (Phi) is 6.30. The Labute approximate surface area is 176 Å². The van der Waals surface area contributed by atoms with Gasteiger partial charge in [0.2, 0.25) is 5.91 Å². The Morgan fingerprint density at radius 2 is 2.13 bits per heavy atom. The highest BCUT2D eigenvalue weighted by Gasteiger charge is 2.32. The van der Waals surface area contributed by atoms with Crippen molar-refractivity contribution in [2.24, 2.45) is 10.9 Å². The fourth-order valence-electron chi connectivity index (χ4n) is 4.35. The predicted octanol–water partition coefficient (Wildman–Crippen LogP) is 2.47. The molecule has 160 valence electrons. The molecule has 1 aliphatic heterocycles. The smallest absolute Gasteiger partial charge is 0.225 e. The molecule has 2 N–H and O–H groups in total. The summed E-state index contributed by atoms with van der Waals surface area (Å²) in [7, 11) is 1.72. The van der Waals surface area contributed by atoms with Crippen molar-refractivity contribution >= 4 is 11.9 Å². The van der Waals surface area contributed by atoms with Crippen molar-refractivity contribution in [3.63, 3.8) is 0 Å². The maximum atomic E-state index is 14.4. The van der Waals surface area contributed by atoms with Crippen LogP contribution in [0.15, 0.2) is 41.9 Å². The molecule has 1 saturated heterocycles. The minimum absolute atomic E-state index is 0.182. The van der Waals surface area contributed by atoms with Crippen LogP contribution in [0.25, 0.3) is 5.69 Å². The number of guanidine groups is 1. The Balaban J connectivity index is 1.28. The molecule has 2 aromatic rings. The lowest BCUT2D eigenvalue weighted by Gasteiger charge is -2.21. The molecule has 1 amide bonds. The summed E-state index contributed by atoms with van der Waals surface area (Å²) in [6.45, 7) is 1.97. The summed E-state index contributed by atoms with van der Waals surface area (Å²) >= 11 is 0. The van der Waals surface area contributed by atoms with Crippen LogP contribution >= 0.6 is 0 Å². The van der Waals surface area contributed by atoms with Gasteiger partial charge in [-0.25, -0.2) is 9.37 Å². The molecule has 2 heterocycles. The van der Waals surface area contributed by atoms with E-state index in [0.717, 1.165) is 31.4 Å². The molecular weight excluding hydrogens is 383 g/mol. The van der Waals surface area contributed by atoms with Crippen molar-refractivity contribution in [3.8, 4) is 5.69 Å². The number of likely N-dealkylation sites (tertiary alicyclic amines) is 1. The van der Waals surface area contributed by atoms with E-state index < -0.39 is 0 Å². The first-order valence-electron chi connectivity index (χ1n) is 10.7. The lowest BCUT2D eigenvalue weighted by molar-refractivity contribution is -0.134. The first kappa shape index (κ1) is 20.4. The zero-order valence-electron chi connectivity index (χ0n) is 17.4. The van der Waals surface area contributed by atoms with Crippen LogP contribution < -0.4 is 10.6 Å². The average molecular weight is 413 g/mol. The molecule has 1 atom stereocenters. The molecule has 30 heavy (non-hydrogen) atoms. The number of benzene rings is 1. The molecule has 0 bridgehead atoms. The molecule has 4 rings (SSSR count). The molecule has 1 aromatic heterocycles. The van der Waals surface area contributed by atoms with E-state index in [2.05, 4.69) is 20.6 Å². The maximum Gasteiger partial charge on any atom is 0.225 e. The largest absolute Gasteiger partial charge is 0.352 e. The number of amides is 1. The highest BCUT2D eigenvalue weighted by atomic mass is 19.1. The Hall–Kier alpha value is -2.90. The average Bonchev–Trinajstić information content (AvgIpc) is 3.53. The topological polar surface area (TPSA) is 74.6 Å². The van der Waals surface area contributed by atoms with Crippen molar-refractivity contribution in [2.45, 2.75) is 44.7 Å². The number of nitrogens with zero attached hydrogens (tertiary/aromatic N) is 4. The van der Waals surface area contributed by atoms with E-state index in [4.69, 9.17) is 0 Å². The van der Waals surface area contributed by atoms with Gasteiger partial charge in [-0.1, -0.05) is 18.9 Å². The predicted molar refractivity (Wildman–Crippen MR) is 114 cm³/mol. The summed E-state index contributed by atoms with van der Waals surface area (Å²) < 4.78 is 16.1. The van der Waals surface area contributed by atoms with E-state index in [1.807, 2.05) is 11.0 Å². The second-order valence-corrected chi connectivity index (χ2v) is 8.08. The van der Waals surface area contributed by atoms with E-state index >= 15 is 0 Å². The Bertz CT molecular complexity index is 891. The van der Waals surface area contributed by atoms with E-state index in [9.17, 15) is 9.18 Å². The van der Waals surface area contributed by atoms with Gasteiger partial charge in [0.15, 0.2) is 5.96 Å². The van der Waals surface area contributed by atoms with Crippen LogP contribution in [0.2, 0.25) is 0 Å². The number of hydrogen-bond acceptors (Lipinski definition) is 3. The first-order chi connectivity index (χ1) is 14.6. The molecule has 0 radical (unpaired) electrons. The van der Waals surface area contributed by atoms with Crippen LogP contribution in [0.5, 0.6) is 0 Å². The summed E-state index contributed by atoms with van der Waals surface area (Å²) in [5.41, 5.74) is 1.29. The van der Waals surface area contributed by atoms with Gasteiger partial charge >= 0.3 is 0 Å². The second-order valence-electron chi connectivity index (χ2n) is 8.08. The van der Waals surface area contributed by atoms with E-state index in [0.29, 0.717) is 30.6 Å². The van der Waals surface area contributed by atoms with Gasteiger partial charge in [0, 0.05) is 51.0 Å². The van der Waals surface area contributed by atoms with E-state index in [-0.39, 0.29) is 17.8 Å². The fourth-order valence-corrected chi connectivity index (χ4v) is 4.35. The summed E-state index contributed by atoms with van der Waals surface area (Å²) in [6, 6.07) is 5.33. The number of aromatic nitrogens is 2. The lowest BCUT2D eigenvalue weighted by Crippen LogP contribution is -2.45. The second kappa shape index (κ2) is 9.28. The first-order valence-corrected chi connectivity index (χ1v) is 10.7. The van der Waals surface area contributed by atoms with Crippen LogP contribution in [0.1, 0.15) is 37.7 Å². The minimum Gasteiger partial charge on any atom is -0.352 e. The van der Waals surface area contributed by atoms with Crippen LogP contribution in [-0.2, 0) is 11.3 Å². The molecule has 1 unspecified atom stereocenters. The summed E-state index contributed by atoms with van der Waals surface area (Å²) in [5, 5.41) is 6.64. The van der Waals surface area contributed by atoms with Crippen LogP contribution in [-0.4, -0.2) is 52.5 Å². The lowest BCUT2D eigenvalue weighted by atomic mass is 10.1. The van der Waals surface area contributed by atoms with E-state index in [1.54, 1.807) is 36.4 Å². The molecule has 8 heteroatoms. The standard InChI is InChI=1S/C22H29FN6O/c1-24-22(27-18-8-10-28(14-18)21(30)17-4-2-3-5-17)26-13-16-6-7-20(19(23)12-16)29-11-9-25-15-29/h6-7,9,11-12,15,17-18H,2-5,8,10,13-14H2,1H3,(H2,24,26,27). The molecule has 2 aliphatic rings. The highest BCUT2D eigenvalue weighted by Crippen LogP contribution is 2.27. The number of rotatable bonds is 5. The number of hydrogen-bond donors (Lipinski definition) is 2. The third-order valence-electron chi connectivity index (χ3n) is 6.02. The molecule has 7 nitrogen and oxygen atoms in total. The Morgan fingerprint density at radius 1 is 1.30 bits per heavy atom. The van der Waals surface area contributed by atoms with Gasteiger partial charge in [0.05, 0.1) is 12.0 Å². The number of imidazole rings is 1. The number of halogens is 1. The third kappa shape index (κ3) is 4.63. The zero-order chi connectivity index (χ0) is 20.9. The number of aliphatic imine (C=N–C) groups is 1. The van der Waals surface area contributed by atoms with Crippen molar-refractivity contribution in [2.75, 3.05) is 20.1 Å². The van der Waals surface area contributed by atoms with Crippen LogP contribution in [0.3, 0.4) is 0 Å². The van der Waals surface area contributed by atoms with Crippen molar-refractivity contribution in [3.05, 3.63) is 48.3 Å². The molecule has 0 spiro atoms. The van der Waals surface area contributed by atoms with Gasteiger partial charge in [0.1, 0.15) is 5.82 Å². The zero-order valence-corrected chi connectivity index (χ0v) is 17.4. The fraction of sp³-hybridized carbons (Fsp3) is 0.500. The molecular formula is C22H29FN6O. The molecule has 1 aromatic carbocycles. The van der Waals surface area contributed by atoms with Crippen molar-refractivity contribution in [1.82, 2.24) is 25.1 Å². The monoisotopic (exact) mass is 412 g/mol. The van der Waals surface area contributed by atoms with Crippen molar-refractivity contribution in [1.29, 1.82) is 0 Å². The SMILES string of the molecule is CN=C(NCc1ccc(-n2ccnc2)c(F)c1)NC1CCN(C(=O)C2CCCC2)C1. The van der Waals surface area contributed by atoms with Crippen molar-refractivity contribution < 1.29 is 9.18 Å². The normalized spacial score (nSPS) is 20.0. The van der Waals surface area contributed by atoms with Gasteiger partial charge in [-0.05, 0) is 37.0 Å². The summed E-state index contributed by atoms with van der Waals surface area (Å²) in [4.78, 5) is 22.8. The quantitative estimate of drug-likeness (QED) is 0.585. The summed E-state index contributed by atoms with van der Waals surface area (Å²) in [6.07, 6.45) is 10.2. The van der Waals surface area contributed by atoms with E-state index in [1.165, 1.54) is 18.9 Å². The van der Waals surface area contributed by atoms with Gasteiger partial charge in [0.25, 0.3) is 0 Å². The van der Waals surface area contributed by atoms with Gasteiger partial charge < -0.3 is 20.1 Å². The van der Waals surface area contributed by atoms with Gasteiger partial charge in [-0.3, -0.25) is 9.79 Å². The van der Waals surface area contributed by atoms with Gasteiger partial charge in [-0.2, -0.15) is 0 Å². The Morgan fingerprint density at radius 3 is 2.83 bits per heavy atom. The molecule has 2 fully saturated rings. The van der Waals surface area contributed by atoms with Gasteiger partial charge in [-0.15, -0.1) is 0 Å². The summed E-state index contributed by atoms with van der Waals surface area (Å²) in [5.74, 6) is 0.899. The highest BCUT2D eigenvalue weighted by molar-refractivity contribution is 5.81. The molecule has 1 aliphatic carbocycles.